The van der Waals surface area contributed by atoms with Crippen molar-refractivity contribution in [3.63, 3.8) is 0 Å². The van der Waals surface area contributed by atoms with Crippen molar-refractivity contribution in [1.82, 2.24) is 10.2 Å². The minimum absolute atomic E-state index is 0.0972. The summed E-state index contributed by atoms with van der Waals surface area (Å²) < 4.78 is 0. The SMILES string of the molecule is CCC(C)(C)C1CCC(NC(=O)CN2CCN(c3ccc(C(C)=O)cc3)CC2)CC1. The van der Waals surface area contributed by atoms with Crippen molar-refractivity contribution in [3.8, 4) is 0 Å². The highest BCUT2D eigenvalue weighted by Gasteiger charge is 2.32. The molecule has 2 fully saturated rings. The Kier molecular flexibility index (Phi) is 7.56. The maximum absolute atomic E-state index is 12.6. The highest BCUT2D eigenvalue weighted by atomic mass is 16.2. The molecule has 1 aliphatic carbocycles. The molecule has 0 spiro atoms. The summed E-state index contributed by atoms with van der Waals surface area (Å²) in [4.78, 5) is 28.6. The molecule has 1 aromatic rings. The van der Waals surface area contributed by atoms with Gasteiger partial charge in [0.15, 0.2) is 5.78 Å². The number of benzene rings is 1. The van der Waals surface area contributed by atoms with Gasteiger partial charge in [0.2, 0.25) is 5.91 Å². The Morgan fingerprint density at radius 1 is 1.00 bits per heavy atom. The molecule has 166 valence electrons. The fourth-order valence-corrected chi connectivity index (χ4v) is 4.86. The second-order valence-corrected chi connectivity index (χ2v) is 9.82. The molecular formula is C25H39N3O2. The number of ketones is 1. The van der Waals surface area contributed by atoms with Gasteiger partial charge in [-0.3, -0.25) is 14.5 Å². The van der Waals surface area contributed by atoms with Crippen molar-refractivity contribution in [2.75, 3.05) is 37.6 Å². The Morgan fingerprint density at radius 3 is 2.13 bits per heavy atom. The van der Waals surface area contributed by atoms with Gasteiger partial charge in [0.05, 0.1) is 6.54 Å². The van der Waals surface area contributed by atoms with E-state index in [0.29, 0.717) is 18.0 Å². The van der Waals surface area contributed by atoms with Gasteiger partial charge in [0.25, 0.3) is 0 Å². The van der Waals surface area contributed by atoms with E-state index in [9.17, 15) is 9.59 Å². The van der Waals surface area contributed by atoms with E-state index in [0.717, 1.165) is 56.2 Å². The molecule has 1 N–H and O–H groups in total. The van der Waals surface area contributed by atoms with Gasteiger partial charge >= 0.3 is 0 Å². The van der Waals surface area contributed by atoms with Crippen LogP contribution in [0.5, 0.6) is 0 Å². The lowest BCUT2D eigenvalue weighted by atomic mass is 9.69. The van der Waals surface area contributed by atoms with Crippen LogP contribution in [0.15, 0.2) is 24.3 Å². The van der Waals surface area contributed by atoms with Crippen LogP contribution in [0.4, 0.5) is 5.69 Å². The van der Waals surface area contributed by atoms with E-state index in [4.69, 9.17) is 0 Å². The first-order valence-corrected chi connectivity index (χ1v) is 11.7. The topological polar surface area (TPSA) is 52.7 Å². The molecule has 0 atom stereocenters. The lowest BCUT2D eigenvalue weighted by Gasteiger charge is -2.39. The number of hydrogen-bond donors (Lipinski definition) is 1. The van der Waals surface area contributed by atoms with Gasteiger partial charge in [-0.1, -0.05) is 27.2 Å². The van der Waals surface area contributed by atoms with Gasteiger partial charge < -0.3 is 10.2 Å². The largest absolute Gasteiger partial charge is 0.369 e. The van der Waals surface area contributed by atoms with E-state index >= 15 is 0 Å². The zero-order valence-corrected chi connectivity index (χ0v) is 19.2. The number of nitrogens with one attached hydrogen (secondary N) is 1. The molecule has 1 saturated heterocycles. The first-order chi connectivity index (χ1) is 14.3. The average Bonchev–Trinajstić information content (AvgIpc) is 2.74. The molecule has 1 aromatic carbocycles. The summed E-state index contributed by atoms with van der Waals surface area (Å²) in [6.45, 7) is 12.7. The zero-order valence-electron chi connectivity index (χ0n) is 19.2. The Morgan fingerprint density at radius 2 is 1.60 bits per heavy atom. The van der Waals surface area contributed by atoms with Crippen LogP contribution in [-0.2, 0) is 4.79 Å². The first-order valence-electron chi connectivity index (χ1n) is 11.7. The van der Waals surface area contributed by atoms with E-state index in [1.807, 2.05) is 24.3 Å². The smallest absolute Gasteiger partial charge is 0.234 e. The van der Waals surface area contributed by atoms with Crippen molar-refractivity contribution < 1.29 is 9.59 Å². The number of carbonyl (C=O) groups is 2. The molecule has 0 bridgehead atoms. The van der Waals surface area contributed by atoms with Crippen LogP contribution in [0.1, 0.15) is 70.2 Å². The van der Waals surface area contributed by atoms with E-state index in [1.165, 1.54) is 19.3 Å². The number of hydrogen-bond acceptors (Lipinski definition) is 4. The second kappa shape index (κ2) is 9.95. The van der Waals surface area contributed by atoms with Crippen molar-refractivity contribution in [2.24, 2.45) is 11.3 Å². The Hall–Kier alpha value is -1.88. The van der Waals surface area contributed by atoms with Gasteiger partial charge in [0.1, 0.15) is 0 Å². The lowest BCUT2D eigenvalue weighted by molar-refractivity contribution is -0.123. The Labute approximate surface area is 182 Å². The summed E-state index contributed by atoms with van der Waals surface area (Å²) in [5.74, 6) is 1.06. The number of rotatable bonds is 7. The van der Waals surface area contributed by atoms with Crippen LogP contribution in [-0.4, -0.2) is 55.4 Å². The summed E-state index contributed by atoms with van der Waals surface area (Å²) in [7, 11) is 0. The third kappa shape index (κ3) is 5.84. The maximum atomic E-state index is 12.6. The number of amides is 1. The number of piperazine rings is 1. The number of Topliss-reactive ketones (excluding diaryl/α,β-unsaturated/α-hetero) is 1. The van der Waals surface area contributed by atoms with Crippen LogP contribution < -0.4 is 10.2 Å². The van der Waals surface area contributed by atoms with Crippen LogP contribution >= 0.6 is 0 Å². The Bertz CT molecular complexity index is 712. The van der Waals surface area contributed by atoms with Crippen LogP contribution in [0.25, 0.3) is 0 Å². The predicted molar refractivity (Wildman–Crippen MR) is 123 cm³/mol. The fourth-order valence-electron chi connectivity index (χ4n) is 4.86. The summed E-state index contributed by atoms with van der Waals surface area (Å²) >= 11 is 0. The lowest BCUT2D eigenvalue weighted by Crippen LogP contribution is -2.51. The fraction of sp³-hybridized carbons (Fsp3) is 0.680. The number of anilines is 1. The third-order valence-corrected chi connectivity index (χ3v) is 7.49. The van der Waals surface area contributed by atoms with Crippen LogP contribution in [0, 0.1) is 11.3 Å². The minimum Gasteiger partial charge on any atom is -0.369 e. The van der Waals surface area contributed by atoms with E-state index in [1.54, 1.807) is 6.92 Å². The summed E-state index contributed by atoms with van der Waals surface area (Å²) in [5.41, 5.74) is 2.32. The molecule has 1 heterocycles. The van der Waals surface area contributed by atoms with Crippen LogP contribution in [0.3, 0.4) is 0 Å². The highest BCUT2D eigenvalue weighted by molar-refractivity contribution is 5.94. The molecule has 1 amide bonds. The predicted octanol–water partition coefficient (Wildman–Crippen LogP) is 4.12. The normalized spacial score (nSPS) is 23.3. The molecule has 5 nitrogen and oxygen atoms in total. The number of carbonyl (C=O) groups excluding carboxylic acids is 2. The van der Waals surface area contributed by atoms with Crippen LogP contribution in [0.2, 0.25) is 0 Å². The molecule has 1 saturated carbocycles. The van der Waals surface area contributed by atoms with Gasteiger partial charge in [0, 0.05) is 43.5 Å². The highest BCUT2D eigenvalue weighted by Crippen LogP contribution is 2.40. The number of nitrogens with zero attached hydrogens (tertiary/aromatic N) is 2. The molecule has 3 rings (SSSR count). The van der Waals surface area contributed by atoms with Crippen molar-refractivity contribution in [1.29, 1.82) is 0 Å². The molecule has 1 aliphatic heterocycles. The molecule has 5 heteroatoms. The standard InChI is InChI=1S/C25H39N3O2/c1-5-25(3,4)21-8-10-22(11-9-21)26-24(30)18-27-14-16-28(17-15-27)23-12-6-20(7-13-23)19(2)29/h6-7,12-13,21-22H,5,8-11,14-18H2,1-4H3,(H,26,30). The second-order valence-electron chi connectivity index (χ2n) is 9.82. The van der Waals surface area contributed by atoms with Gasteiger partial charge in [-0.05, 0) is 68.2 Å². The molecule has 0 aromatic heterocycles. The molecular weight excluding hydrogens is 374 g/mol. The van der Waals surface area contributed by atoms with Crippen molar-refractivity contribution in [3.05, 3.63) is 29.8 Å². The van der Waals surface area contributed by atoms with E-state index in [-0.39, 0.29) is 11.7 Å². The average molecular weight is 414 g/mol. The molecule has 0 unspecified atom stereocenters. The minimum atomic E-state index is 0.0972. The summed E-state index contributed by atoms with van der Waals surface area (Å²) in [6, 6.07) is 8.19. The first kappa shape index (κ1) is 22.8. The zero-order chi connectivity index (χ0) is 21.7. The van der Waals surface area contributed by atoms with E-state index < -0.39 is 0 Å². The van der Waals surface area contributed by atoms with Crippen molar-refractivity contribution >= 4 is 17.4 Å². The molecule has 30 heavy (non-hydrogen) atoms. The van der Waals surface area contributed by atoms with E-state index in [2.05, 4.69) is 35.9 Å². The monoisotopic (exact) mass is 413 g/mol. The summed E-state index contributed by atoms with van der Waals surface area (Å²) in [5, 5.41) is 3.29. The van der Waals surface area contributed by atoms with Crippen molar-refractivity contribution in [2.45, 2.75) is 65.8 Å². The quantitative estimate of drug-likeness (QED) is 0.683. The maximum Gasteiger partial charge on any atom is 0.234 e. The third-order valence-electron chi connectivity index (χ3n) is 7.49. The molecule has 2 aliphatic rings. The van der Waals surface area contributed by atoms with Gasteiger partial charge in [-0.25, -0.2) is 0 Å². The summed E-state index contributed by atoms with van der Waals surface area (Å²) in [6.07, 6.45) is 5.91. The van der Waals surface area contributed by atoms with Gasteiger partial charge in [-0.2, -0.15) is 0 Å². The van der Waals surface area contributed by atoms with Gasteiger partial charge in [-0.15, -0.1) is 0 Å². The Balaban J connectivity index is 1.39. The molecule has 0 radical (unpaired) electrons.